The Balaban J connectivity index is 1.96. The summed E-state index contributed by atoms with van der Waals surface area (Å²) in [6, 6.07) is 3.08. The first-order valence-corrected chi connectivity index (χ1v) is 6.76. The monoisotopic (exact) mass is 252 g/mol. The molecule has 3 nitrogen and oxygen atoms in total. The van der Waals surface area contributed by atoms with Crippen LogP contribution in [0, 0.1) is 5.82 Å². The van der Waals surface area contributed by atoms with E-state index in [9.17, 15) is 4.39 Å². The van der Waals surface area contributed by atoms with Gasteiger partial charge in [-0.25, -0.2) is 4.39 Å². The molecular formula is C14H21FN2O. The fourth-order valence-corrected chi connectivity index (χ4v) is 2.46. The van der Waals surface area contributed by atoms with Crippen molar-refractivity contribution in [2.24, 2.45) is 0 Å². The van der Waals surface area contributed by atoms with Gasteiger partial charge in [-0.1, -0.05) is 6.92 Å². The zero-order chi connectivity index (χ0) is 12.8. The molecule has 0 saturated carbocycles. The Kier molecular flexibility index (Phi) is 5.08. The number of aromatic nitrogens is 1. The third-order valence-electron chi connectivity index (χ3n) is 3.37. The van der Waals surface area contributed by atoms with Crippen molar-refractivity contribution in [2.45, 2.75) is 44.8 Å². The summed E-state index contributed by atoms with van der Waals surface area (Å²) in [5.74, 6) is -0.226. The predicted octanol–water partition coefficient (Wildman–Crippen LogP) is 2.83. The molecule has 2 atom stereocenters. The normalized spacial score (nSPS) is 21.1. The number of nitrogens with one attached hydrogen (secondary N) is 1. The van der Waals surface area contributed by atoms with Crippen molar-refractivity contribution in [3.05, 3.63) is 29.8 Å². The number of hydrogen-bond acceptors (Lipinski definition) is 3. The first kappa shape index (κ1) is 13.4. The van der Waals surface area contributed by atoms with Crippen molar-refractivity contribution < 1.29 is 9.13 Å². The van der Waals surface area contributed by atoms with Crippen LogP contribution >= 0.6 is 0 Å². The Morgan fingerprint density at radius 3 is 3.17 bits per heavy atom. The van der Waals surface area contributed by atoms with Gasteiger partial charge in [-0.3, -0.25) is 4.98 Å². The largest absolute Gasteiger partial charge is 0.378 e. The highest BCUT2D eigenvalue weighted by Gasteiger charge is 2.20. The molecule has 1 aliphatic heterocycles. The number of halogens is 1. The predicted molar refractivity (Wildman–Crippen MR) is 68.8 cm³/mol. The first-order chi connectivity index (χ1) is 8.81. The van der Waals surface area contributed by atoms with Gasteiger partial charge in [0.05, 0.1) is 17.8 Å². The minimum absolute atomic E-state index is 0.0135. The van der Waals surface area contributed by atoms with E-state index in [0.717, 1.165) is 38.8 Å². The average Bonchev–Trinajstić information content (AvgIpc) is 2.88. The molecule has 2 rings (SSSR count). The Morgan fingerprint density at radius 2 is 2.50 bits per heavy atom. The van der Waals surface area contributed by atoms with Crippen LogP contribution in [0.25, 0.3) is 0 Å². The van der Waals surface area contributed by atoms with Crippen LogP contribution < -0.4 is 5.32 Å². The van der Waals surface area contributed by atoms with Gasteiger partial charge < -0.3 is 10.1 Å². The summed E-state index contributed by atoms with van der Waals surface area (Å²) in [7, 11) is 0. The summed E-state index contributed by atoms with van der Waals surface area (Å²) in [4.78, 5) is 4.16. The van der Waals surface area contributed by atoms with Crippen LogP contribution in [0.4, 0.5) is 4.39 Å². The summed E-state index contributed by atoms with van der Waals surface area (Å²) < 4.78 is 19.3. The maximum Gasteiger partial charge on any atom is 0.146 e. The lowest BCUT2D eigenvalue weighted by Crippen LogP contribution is -2.24. The lowest BCUT2D eigenvalue weighted by Gasteiger charge is -2.19. The van der Waals surface area contributed by atoms with Gasteiger partial charge in [0, 0.05) is 12.8 Å². The number of nitrogens with zero attached hydrogens (tertiary/aromatic N) is 1. The molecule has 100 valence electrons. The Bertz CT molecular complexity index is 367. The van der Waals surface area contributed by atoms with Crippen LogP contribution in [0.2, 0.25) is 0 Å². The first-order valence-electron chi connectivity index (χ1n) is 6.76. The van der Waals surface area contributed by atoms with E-state index >= 15 is 0 Å². The van der Waals surface area contributed by atoms with Crippen molar-refractivity contribution in [1.82, 2.24) is 10.3 Å². The summed E-state index contributed by atoms with van der Waals surface area (Å²) in [5.41, 5.74) is 0.525. The second-order valence-corrected chi connectivity index (χ2v) is 4.69. The van der Waals surface area contributed by atoms with E-state index in [4.69, 9.17) is 4.74 Å². The highest BCUT2D eigenvalue weighted by Crippen LogP contribution is 2.24. The van der Waals surface area contributed by atoms with Gasteiger partial charge in [0.15, 0.2) is 0 Å². The quantitative estimate of drug-likeness (QED) is 0.845. The van der Waals surface area contributed by atoms with Crippen LogP contribution in [-0.2, 0) is 4.74 Å². The lowest BCUT2D eigenvalue weighted by atomic mass is 10.0. The summed E-state index contributed by atoms with van der Waals surface area (Å²) in [6.07, 6.45) is 6.10. The van der Waals surface area contributed by atoms with Crippen molar-refractivity contribution in [3.63, 3.8) is 0 Å². The third kappa shape index (κ3) is 3.50. The molecular weight excluding hydrogens is 231 g/mol. The van der Waals surface area contributed by atoms with Crippen LogP contribution in [0.5, 0.6) is 0 Å². The number of pyridine rings is 1. The number of hydrogen-bond donors (Lipinski definition) is 1. The van der Waals surface area contributed by atoms with Gasteiger partial charge in [0.25, 0.3) is 0 Å². The van der Waals surface area contributed by atoms with Crippen molar-refractivity contribution in [2.75, 3.05) is 13.2 Å². The minimum atomic E-state index is -0.226. The fourth-order valence-electron chi connectivity index (χ4n) is 2.46. The van der Waals surface area contributed by atoms with Crippen LogP contribution in [0.1, 0.15) is 44.3 Å². The highest BCUT2D eigenvalue weighted by atomic mass is 19.1. The molecule has 0 aliphatic carbocycles. The molecule has 4 heteroatoms. The molecule has 1 aliphatic rings. The zero-order valence-electron chi connectivity index (χ0n) is 10.9. The summed E-state index contributed by atoms with van der Waals surface area (Å²) in [6.45, 7) is 3.71. The second kappa shape index (κ2) is 6.81. The molecule has 0 bridgehead atoms. The molecule has 18 heavy (non-hydrogen) atoms. The summed E-state index contributed by atoms with van der Waals surface area (Å²) in [5, 5.41) is 3.31. The Morgan fingerprint density at radius 1 is 1.61 bits per heavy atom. The van der Waals surface area contributed by atoms with Crippen LogP contribution in [-0.4, -0.2) is 24.2 Å². The van der Waals surface area contributed by atoms with E-state index in [1.807, 2.05) is 6.92 Å². The van der Waals surface area contributed by atoms with E-state index in [-0.39, 0.29) is 11.9 Å². The molecule has 1 fully saturated rings. The fraction of sp³-hybridized carbons (Fsp3) is 0.643. The maximum atomic E-state index is 13.7. The smallest absolute Gasteiger partial charge is 0.146 e. The van der Waals surface area contributed by atoms with Gasteiger partial charge in [-0.15, -0.1) is 0 Å². The van der Waals surface area contributed by atoms with Crippen molar-refractivity contribution >= 4 is 0 Å². The molecule has 0 radical (unpaired) electrons. The van der Waals surface area contributed by atoms with Crippen LogP contribution in [0.3, 0.4) is 0 Å². The highest BCUT2D eigenvalue weighted by molar-refractivity contribution is 5.11. The molecule has 0 spiro atoms. The molecule has 2 unspecified atom stereocenters. The standard InChI is InChI=1S/C14H21FN2O/c1-2-16-13(8-7-11-5-4-10-18-11)14-12(15)6-3-9-17-14/h3,6,9,11,13,16H,2,4-5,7-8,10H2,1H3. The Hall–Kier alpha value is -1.00. The van der Waals surface area contributed by atoms with E-state index in [1.54, 1.807) is 12.3 Å². The summed E-state index contributed by atoms with van der Waals surface area (Å²) >= 11 is 0. The third-order valence-corrected chi connectivity index (χ3v) is 3.37. The number of rotatable bonds is 6. The number of ether oxygens (including phenoxy) is 1. The maximum absolute atomic E-state index is 13.7. The van der Waals surface area contributed by atoms with E-state index in [1.165, 1.54) is 6.07 Å². The molecule has 0 aromatic carbocycles. The SMILES string of the molecule is CCNC(CCC1CCCO1)c1ncccc1F. The Labute approximate surface area is 108 Å². The second-order valence-electron chi connectivity index (χ2n) is 4.69. The topological polar surface area (TPSA) is 34.1 Å². The van der Waals surface area contributed by atoms with E-state index in [2.05, 4.69) is 10.3 Å². The lowest BCUT2D eigenvalue weighted by molar-refractivity contribution is 0.0994. The van der Waals surface area contributed by atoms with Gasteiger partial charge in [-0.2, -0.15) is 0 Å². The van der Waals surface area contributed by atoms with Gasteiger partial charge in [-0.05, 0) is 44.4 Å². The molecule has 1 aromatic rings. The molecule has 1 N–H and O–H groups in total. The van der Waals surface area contributed by atoms with Gasteiger partial charge >= 0.3 is 0 Å². The van der Waals surface area contributed by atoms with E-state index in [0.29, 0.717) is 11.8 Å². The van der Waals surface area contributed by atoms with Gasteiger partial charge in [0.2, 0.25) is 0 Å². The molecule has 0 amide bonds. The molecule has 2 heterocycles. The molecule has 1 aromatic heterocycles. The average molecular weight is 252 g/mol. The van der Waals surface area contributed by atoms with Gasteiger partial charge in [0.1, 0.15) is 5.82 Å². The van der Waals surface area contributed by atoms with Crippen LogP contribution in [0.15, 0.2) is 18.3 Å². The van der Waals surface area contributed by atoms with Crippen molar-refractivity contribution in [3.8, 4) is 0 Å². The zero-order valence-corrected chi connectivity index (χ0v) is 10.9. The molecule has 1 saturated heterocycles. The minimum Gasteiger partial charge on any atom is -0.378 e. The van der Waals surface area contributed by atoms with Crippen molar-refractivity contribution in [1.29, 1.82) is 0 Å². The van der Waals surface area contributed by atoms with E-state index < -0.39 is 0 Å².